The van der Waals surface area contributed by atoms with E-state index in [-0.39, 0.29) is 12.1 Å². The number of aromatic amines is 1. The molecule has 4 aromatic rings. The van der Waals surface area contributed by atoms with Crippen LogP contribution in [0.2, 0.25) is 0 Å². The van der Waals surface area contributed by atoms with Crippen LogP contribution in [0, 0.1) is 12.3 Å². The number of nitrogens with two attached hydrogens (primary N) is 1. The minimum atomic E-state index is -2.56. The van der Waals surface area contributed by atoms with E-state index in [4.69, 9.17) is 16.2 Å². The minimum Gasteiger partial charge on any atom is -0.366 e. The van der Waals surface area contributed by atoms with Gasteiger partial charge < -0.3 is 10.7 Å². The molecule has 182 valence electrons. The van der Waals surface area contributed by atoms with Gasteiger partial charge >= 0.3 is 0 Å². The van der Waals surface area contributed by atoms with Crippen LogP contribution < -0.4 is 11.2 Å². The predicted octanol–water partition coefficient (Wildman–Crippen LogP) is 4.24. The van der Waals surface area contributed by atoms with Crippen LogP contribution in [0.3, 0.4) is 0 Å². The summed E-state index contributed by atoms with van der Waals surface area (Å²) in [6.07, 6.45) is 2.88. The Morgan fingerprint density at radius 3 is 2.72 bits per heavy atom. The second-order valence-corrected chi connectivity index (χ2v) is 7.96. The summed E-state index contributed by atoms with van der Waals surface area (Å²) in [6, 6.07) is 15.3. The number of nitrogens with one attached hydrogen (secondary N) is 2. The van der Waals surface area contributed by atoms with Gasteiger partial charge in [0.1, 0.15) is 17.5 Å². The Labute approximate surface area is 205 Å². The van der Waals surface area contributed by atoms with Crippen molar-refractivity contribution in [2.24, 2.45) is 10.7 Å². The molecular weight excluding hydrogens is 464 g/mol. The highest BCUT2D eigenvalue weighted by Gasteiger charge is 2.18. The Kier molecular flexibility index (Phi) is 7.24. The van der Waals surface area contributed by atoms with Gasteiger partial charge in [-0.2, -0.15) is 5.10 Å². The third kappa shape index (κ3) is 5.66. The zero-order chi connectivity index (χ0) is 25.7. The van der Waals surface area contributed by atoms with Crippen LogP contribution in [0.1, 0.15) is 28.9 Å². The zero-order valence-corrected chi connectivity index (χ0v) is 19.3. The summed E-state index contributed by atoms with van der Waals surface area (Å²) < 4.78 is 28.1. The molecule has 0 fully saturated rings. The Morgan fingerprint density at radius 1 is 1.19 bits per heavy atom. The van der Waals surface area contributed by atoms with E-state index in [0.29, 0.717) is 39.3 Å². The van der Waals surface area contributed by atoms with Crippen molar-refractivity contribution < 1.29 is 13.6 Å². The predicted molar refractivity (Wildman–Crippen MR) is 133 cm³/mol. The molecule has 10 heteroatoms. The third-order valence-electron chi connectivity index (χ3n) is 5.31. The molecule has 0 aliphatic carbocycles. The van der Waals surface area contributed by atoms with Crippen molar-refractivity contribution >= 4 is 18.3 Å². The van der Waals surface area contributed by atoms with E-state index >= 15 is 0 Å². The minimum absolute atomic E-state index is 0.0560. The number of pyridine rings is 2. The quantitative estimate of drug-likeness (QED) is 0.195. The molecule has 3 aromatic heterocycles. The van der Waals surface area contributed by atoms with Crippen LogP contribution in [0.4, 0.5) is 8.78 Å². The van der Waals surface area contributed by atoms with Crippen molar-refractivity contribution in [2.75, 3.05) is 0 Å². The van der Waals surface area contributed by atoms with Crippen molar-refractivity contribution in [3.63, 3.8) is 0 Å². The molecule has 1 amide bonds. The molecule has 0 aliphatic rings. The first-order valence-corrected chi connectivity index (χ1v) is 11.0. The third-order valence-corrected chi connectivity index (χ3v) is 5.31. The Hall–Kier alpha value is -4.73. The fourth-order valence-electron chi connectivity index (χ4n) is 3.75. The van der Waals surface area contributed by atoms with Gasteiger partial charge in [-0.1, -0.05) is 24.3 Å². The highest BCUT2D eigenvalue weighted by atomic mass is 19.3. The zero-order valence-electron chi connectivity index (χ0n) is 19.3. The van der Waals surface area contributed by atoms with Crippen LogP contribution in [0.15, 0.2) is 71.9 Å². The van der Waals surface area contributed by atoms with E-state index in [9.17, 15) is 13.6 Å². The van der Waals surface area contributed by atoms with E-state index in [1.54, 1.807) is 35.1 Å². The van der Waals surface area contributed by atoms with Crippen molar-refractivity contribution in [3.05, 3.63) is 94.9 Å². The van der Waals surface area contributed by atoms with Crippen LogP contribution in [-0.2, 0) is 11.3 Å². The molecular formula is C26H23F2N7O. The van der Waals surface area contributed by atoms with E-state index < -0.39 is 12.3 Å². The highest BCUT2D eigenvalue weighted by molar-refractivity contribution is 5.92. The van der Waals surface area contributed by atoms with Gasteiger partial charge in [0.15, 0.2) is 0 Å². The monoisotopic (exact) mass is 487 g/mol. The summed E-state index contributed by atoms with van der Waals surface area (Å²) >= 11 is 0. The number of hydrogen-bond acceptors (Lipinski definition) is 4. The number of carbonyl (C=O) groups is 1. The molecule has 4 rings (SSSR count). The van der Waals surface area contributed by atoms with Crippen molar-refractivity contribution in [3.8, 4) is 22.5 Å². The fraction of sp³-hybridized carbons (Fsp3) is 0.115. The van der Waals surface area contributed by atoms with Crippen LogP contribution in [-0.4, -0.2) is 32.0 Å². The Bertz CT molecular complexity index is 1520. The molecule has 0 saturated heterocycles. The van der Waals surface area contributed by atoms with Crippen LogP contribution >= 0.6 is 0 Å². The number of aromatic nitrogens is 4. The van der Waals surface area contributed by atoms with Crippen molar-refractivity contribution in [1.82, 2.24) is 19.7 Å². The number of alkyl halides is 2. The molecule has 1 aromatic carbocycles. The lowest BCUT2D eigenvalue weighted by atomic mass is 10.0. The summed E-state index contributed by atoms with van der Waals surface area (Å²) in [7, 11) is 0. The van der Waals surface area contributed by atoms with E-state index in [2.05, 4.69) is 15.0 Å². The molecule has 0 saturated carbocycles. The number of aryl methyl sites for hydroxylation is 1. The smallest absolute Gasteiger partial charge is 0.263 e. The normalized spacial score (nSPS) is 11.9. The maximum Gasteiger partial charge on any atom is 0.263 e. The Morgan fingerprint density at radius 2 is 2.00 bits per heavy atom. The number of H-pyrrole nitrogens is 1. The molecule has 0 atom stereocenters. The largest absolute Gasteiger partial charge is 0.366 e. The topological polar surface area (TPSA) is 126 Å². The first-order valence-electron chi connectivity index (χ1n) is 11.0. The lowest BCUT2D eigenvalue weighted by Crippen LogP contribution is -2.10. The Balaban J connectivity index is 1.88. The van der Waals surface area contributed by atoms with Gasteiger partial charge in [0.05, 0.1) is 12.2 Å². The molecule has 0 aliphatic heterocycles. The summed E-state index contributed by atoms with van der Waals surface area (Å²) in [5.74, 6) is -0.626. The average Bonchev–Trinajstić information content (AvgIpc) is 3.26. The summed E-state index contributed by atoms with van der Waals surface area (Å²) in [6.45, 7) is 2.13. The number of amides is 1. The van der Waals surface area contributed by atoms with Gasteiger partial charge in [-0.15, -0.1) is 0 Å². The first kappa shape index (κ1) is 24.4. The highest BCUT2D eigenvalue weighted by Crippen LogP contribution is 2.32. The molecule has 0 spiro atoms. The number of carbonyl (C=O) groups excluding carboxylic acids is 1. The van der Waals surface area contributed by atoms with E-state index in [0.717, 1.165) is 12.0 Å². The standard InChI is InChI=1S/C26H23F2N7O/c1-16-4-2-7-22(32-16)25-20(14-35(34-25)13-17-5-3-6-18(12-17)26(27)28)19-8-11-24(31-15-29)33-21(19)9-10-23(30)36/h2-12,14-15,26H,13H2,1H3,(H2,30,36)(H2,29,31,33)/b10-9+. The fourth-order valence-corrected chi connectivity index (χ4v) is 3.75. The number of benzene rings is 1. The van der Waals surface area contributed by atoms with E-state index in [1.165, 1.54) is 24.3 Å². The molecule has 4 N–H and O–H groups in total. The maximum atomic E-state index is 13.2. The van der Waals surface area contributed by atoms with E-state index in [1.807, 2.05) is 25.1 Å². The number of nitrogens with zero attached hydrogens (tertiary/aromatic N) is 4. The van der Waals surface area contributed by atoms with Crippen molar-refractivity contribution in [1.29, 1.82) is 5.41 Å². The lowest BCUT2D eigenvalue weighted by molar-refractivity contribution is -0.113. The number of halogens is 2. The van der Waals surface area contributed by atoms with Gasteiger partial charge in [-0.3, -0.25) is 19.9 Å². The molecule has 3 heterocycles. The first-order chi connectivity index (χ1) is 17.3. The molecule has 0 unspecified atom stereocenters. The molecule has 8 nitrogen and oxygen atoms in total. The summed E-state index contributed by atoms with van der Waals surface area (Å²) in [4.78, 5) is 23.1. The van der Waals surface area contributed by atoms with Gasteiger partial charge in [0.25, 0.3) is 6.43 Å². The second-order valence-electron chi connectivity index (χ2n) is 7.96. The van der Waals surface area contributed by atoms with Crippen LogP contribution in [0.25, 0.3) is 28.6 Å². The van der Waals surface area contributed by atoms with Gasteiger partial charge in [-0.05, 0) is 48.9 Å². The summed E-state index contributed by atoms with van der Waals surface area (Å²) in [5, 5.41) is 12.0. The molecule has 0 bridgehead atoms. The molecule has 36 heavy (non-hydrogen) atoms. The van der Waals surface area contributed by atoms with Gasteiger partial charge in [0.2, 0.25) is 5.91 Å². The van der Waals surface area contributed by atoms with Gasteiger partial charge in [0, 0.05) is 40.4 Å². The lowest BCUT2D eigenvalue weighted by Gasteiger charge is -2.07. The number of primary amides is 1. The average molecular weight is 488 g/mol. The number of rotatable bonds is 8. The SMILES string of the molecule is Cc1cccc(-c2nn(Cc3cccc(C(F)F)c3)cc2-c2cc/c(=N/C=N)[nH]c2/C=C/C(N)=O)n1. The van der Waals surface area contributed by atoms with Gasteiger partial charge in [-0.25, -0.2) is 13.8 Å². The second kappa shape index (κ2) is 10.7. The maximum absolute atomic E-state index is 13.2. The van der Waals surface area contributed by atoms with Crippen molar-refractivity contribution in [2.45, 2.75) is 19.9 Å². The summed E-state index contributed by atoms with van der Waals surface area (Å²) in [5.41, 5.74) is 10.2. The molecule has 0 radical (unpaired) electrons. The van der Waals surface area contributed by atoms with Crippen LogP contribution in [0.5, 0.6) is 0 Å². The number of hydrogen-bond donors (Lipinski definition) is 3.